The summed E-state index contributed by atoms with van der Waals surface area (Å²) in [7, 11) is 0. The first-order valence-corrected chi connectivity index (χ1v) is 7.86. The molecule has 2 rings (SSSR count). The van der Waals surface area contributed by atoms with Crippen molar-refractivity contribution in [1.82, 2.24) is 15.0 Å². The standard InChI is InChI=1S/C15H26N4O2.ClH/c1-4-15(5-2,10-16)14(20)19-8-6-7-12(9-19)13-17-11(3)18-21-13;/h12H,4-10,16H2,1-3H3;1H. The number of amides is 1. The van der Waals surface area contributed by atoms with Gasteiger partial charge in [0.25, 0.3) is 0 Å². The highest BCUT2D eigenvalue weighted by atomic mass is 35.5. The van der Waals surface area contributed by atoms with Gasteiger partial charge in [-0.1, -0.05) is 19.0 Å². The molecule has 2 heterocycles. The number of likely N-dealkylation sites (tertiary alicyclic amines) is 1. The second-order valence-electron chi connectivity index (χ2n) is 5.96. The monoisotopic (exact) mass is 330 g/mol. The molecule has 1 aliphatic rings. The van der Waals surface area contributed by atoms with Crippen LogP contribution in [-0.4, -0.2) is 40.6 Å². The molecule has 1 aliphatic heterocycles. The van der Waals surface area contributed by atoms with E-state index in [0.29, 0.717) is 24.8 Å². The van der Waals surface area contributed by atoms with Crippen LogP contribution in [-0.2, 0) is 4.79 Å². The zero-order valence-corrected chi connectivity index (χ0v) is 14.5. The Morgan fingerprint density at radius 2 is 2.14 bits per heavy atom. The molecule has 1 unspecified atom stereocenters. The molecular weight excluding hydrogens is 304 g/mol. The van der Waals surface area contributed by atoms with Crippen LogP contribution < -0.4 is 5.73 Å². The van der Waals surface area contributed by atoms with E-state index in [2.05, 4.69) is 10.1 Å². The molecule has 1 fully saturated rings. The van der Waals surface area contributed by atoms with Crippen LogP contribution in [0.3, 0.4) is 0 Å². The van der Waals surface area contributed by atoms with Crippen molar-refractivity contribution in [1.29, 1.82) is 0 Å². The lowest BCUT2D eigenvalue weighted by molar-refractivity contribution is -0.143. The fourth-order valence-corrected chi connectivity index (χ4v) is 3.11. The molecule has 6 nitrogen and oxygen atoms in total. The van der Waals surface area contributed by atoms with Gasteiger partial charge in [0.15, 0.2) is 5.82 Å². The predicted molar refractivity (Wildman–Crippen MR) is 86.9 cm³/mol. The van der Waals surface area contributed by atoms with Crippen molar-refractivity contribution in [3.8, 4) is 0 Å². The third kappa shape index (κ3) is 3.60. The van der Waals surface area contributed by atoms with E-state index in [-0.39, 0.29) is 24.2 Å². The van der Waals surface area contributed by atoms with Gasteiger partial charge in [0.05, 0.1) is 11.3 Å². The molecule has 0 spiro atoms. The van der Waals surface area contributed by atoms with Crippen molar-refractivity contribution in [2.24, 2.45) is 11.1 Å². The van der Waals surface area contributed by atoms with Gasteiger partial charge in [0.1, 0.15) is 0 Å². The Kier molecular flexibility index (Phi) is 6.81. The summed E-state index contributed by atoms with van der Waals surface area (Å²) in [6, 6.07) is 0. The van der Waals surface area contributed by atoms with Crippen LogP contribution in [0.1, 0.15) is 57.2 Å². The number of halogens is 1. The van der Waals surface area contributed by atoms with Crippen molar-refractivity contribution < 1.29 is 9.32 Å². The van der Waals surface area contributed by atoms with Crippen LogP contribution in [0.2, 0.25) is 0 Å². The van der Waals surface area contributed by atoms with E-state index >= 15 is 0 Å². The van der Waals surface area contributed by atoms with E-state index in [1.54, 1.807) is 0 Å². The van der Waals surface area contributed by atoms with Gasteiger partial charge in [0, 0.05) is 19.6 Å². The van der Waals surface area contributed by atoms with E-state index in [0.717, 1.165) is 32.2 Å². The number of carbonyl (C=O) groups is 1. The molecule has 126 valence electrons. The number of nitrogens with zero attached hydrogens (tertiary/aromatic N) is 3. The second kappa shape index (κ2) is 7.92. The van der Waals surface area contributed by atoms with Crippen molar-refractivity contribution in [2.75, 3.05) is 19.6 Å². The molecule has 0 aromatic carbocycles. The van der Waals surface area contributed by atoms with E-state index < -0.39 is 5.41 Å². The lowest BCUT2D eigenvalue weighted by atomic mass is 9.80. The second-order valence-corrected chi connectivity index (χ2v) is 5.96. The number of carbonyl (C=O) groups excluding carboxylic acids is 1. The normalized spacial score (nSPS) is 18.9. The van der Waals surface area contributed by atoms with E-state index in [9.17, 15) is 4.79 Å². The van der Waals surface area contributed by atoms with E-state index in [4.69, 9.17) is 10.3 Å². The average Bonchev–Trinajstić information content (AvgIpc) is 2.96. The van der Waals surface area contributed by atoms with Crippen LogP contribution in [0.15, 0.2) is 4.52 Å². The molecule has 7 heteroatoms. The van der Waals surface area contributed by atoms with Crippen molar-refractivity contribution in [3.05, 3.63) is 11.7 Å². The summed E-state index contributed by atoms with van der Waals surface area (Å²) >= 11 is 0. The molecule has 1 amide bonds. The predicted octanol–water partition coefficient (Wildman–Crippen LogP) is 2.27. The minimum Gasteiger partial charge on any atom is -0.341 e. The average molecular weight is 331 g/mol. The minimum absolute atomic E-state index is 0. The number of rotatable bonds is 5. The Bertz CT molecular complexity index is 479. The smallest absolute Gasteiger partial charge is 0.231 e. The van der Waals surface area contributed by atoms with Gasteiger partial charge in [-0.3, -0.25) is 4.79 Å². The molecule has 1 atom stereocenters. The summed E-state index contributed by atoms with van der Waals surface area (Å²) in [5.41, 5.74) is 5.47. The van der Waals surface area contributed by atoms with Gasteiger partial charge in [-0.15, -0.1) is 12.4 Å². The van der Waals surface area contributed by atoms with Gasteiger partial charge in [0.2, 0.25) is 11.8 Å². The van der Waals surface area contributed by atoms with Gasteiger partial charge < -0.3 is 15.2 Å². The van der Waals surface area contributed by atoms with Crippen LogP contribution in [0.5, 0.6) is 0 Å². The molecule has 1 aromatic heterocycles. The van der Waals surface area contributed by atoms with Crippen molar-refractivity contribution in [3.63, 3.8) is 0 Å². The van der Waals surface area contributed by atoms with Crippen LogP contribution in [0, 0.1) is 12.3 Å². The first-order chi connectivity index (χ1) is 10.1. The molecular formula is C15H27ClN4O2. The summed E-state index contributed by atoms with van der Waals surface area (Å²) < 4.78 is 5.27. The number of hydrogen-bond donors (Lipinski definition) is 1. The summed E-state index contributed by atoms with van der Waals surface area (Å²) in [6.07, 6.45) is 3.50. The quantitative estimate of drug-likeness (QED) is 0.895. The minimum atomic E-state index is -0.424. The zero-order chi connectivity index (χ0) is 15.5. The molecule has 22 heavy (non-hydrogen) atoms. The first-order valence-electron chi connectivity index (χ1n) is 7.86. The number of piperidine rings is 1. The number of nitrogens with two attached hydrogens (primary N) is 1. The van der Waals surface area contributed by atoms with Gasteiger partial charge in [-0.25, -0.2) is 0 Å². The van der Waals surface area contributed by atoms with Crippen molar-refractivity contribution >= 4 is 18.3 Å². The Balaban J connectivity index is 0.00000242. The zero-order valence-electron chi connectivity index (χ0n) is 13.7. The van der Waals surface area contributed by atoms with E-state index in [1.165, 1.54) is 0 Å². The fourth-order valence-electron chi connectivity index (χ4n) is 3.11. The summed E-state index contributed by atoms with van der Waals surface area (Å²) in [5, 5.41) is 3.85. The lowest BCUT2D eigenvalue weighted by Crippen LogP contribution is -2.50. The summed E-state index contributed by atoms with van der Waals surface area (Å²) in [6.45, 7) is 7.74. The Morgan fingerprint density at radius 3 is 2.64 bits per heavy atom. The largest absolute Gasteiger partial charge is 0.341 e. The maximum Gasteiger partial charge on any atom is 0.231 e. The highest BCUT2D eigenvalue weighted by Gasteiger charge is 2.39. The SMILES string of the molecule is CCC(CC)(CN)C(=O)N1CCCC(c2nc(C)no2)C1.Cl. The third-order valence-electron chi connectivity index (χ3n) is 4.80. The third-order valence-corrected chi connectivity index (χ3v) is 4.80. The van der Waals surface area contributed by atoms with Crippen LogP contribution in [0.25, 0.3) is 0 Å². The van der Waals surface area contributed by atoms with Crippen LogP contribution >= 0.6 is 12.4 Å². The van der Waals surface area contributed by atoms with Crippen molar-refractivity contribution in [2.45, 2.75) is 52.4 Å². The summed E-state index contributed by atoms with van der Waals surface area (Å²) in [4.78, 5) is 19.1. The topological polar surface area (TPSA) is 85.3 Å². The lowest BCUT2D eigenvalue weighted by Gasteiger charge is -2.38. The van der Waals surface area contributed by atoms with E-state index in [1.807, 2.05) is 25.7 Å². The van der Waals surface area contributed by atoms with Gasteiger partial charge in [-0.2, -0.15) is 4.98 Å². The molecule has 1 saturated heterocycles. The molecule has 0 saturated carbocycles. The molecule has 1 aromatic rings. The molecule has 0 radical (unpaired) electrons. The van der Waals surface area contributed by atoms with Crippen LogP contribution in [0.4, 0.5) is 0 Å². The highest BCUT2D eigenvalue weighted by molar-refractivity contribution is 5.85. The Morgan fingerprint density at radius 1 is 1.45 bits per heavy atom. The molecule has 2 N–H and O–H groups in total. The number of aromatic nitrogens is 2. The number of aryl methyl sites for hydroxylation is 1. The van der Waals surface area contributed by atoms with Gasteiger partial charge in [-0.05, 0) is 32.6 Å². The molecule has 0 bridgehead atoms. The number of hydrogen-bond acceptors (Lipinski definition) is 5. The Hall–Kier alpha value is -1.14. The fraction of sp³-hybridized carbons (Fsp3) is 0.800. The summed E-state index contributed by atoms with van der Waals surface area (Å²) in [5.74, 6) is 1.62. The molecule has 0 aliphatic carbocycles. The highest BCUT2D eigenvalue weighted by Crippen LogP contribution is 2.32. The maximum atomic E-state index is 12.9. The Labute approximate surface area is 138 Å². The first kappa shape index (κ1) is 18.9. The maximum absolute atomic E-state index is 12.9. The van der Waals surface area contributed by atoms with Gasteiger partial charge >= 0.3 is 0 Å².